The molecule has 2 N–H and O–H groups in total. The van der Waals surface area contributed by atoms with Crippen LogP contribution in [0.3, 0.4) is 0 Å². The van der Waals surface area contributed by atoms with Gasteiger partial charge in [-0.15, -0.1) is 0 Å². The fourth-order valence-corrected chi connectivity index (χ4v) is 2.16. The van der Waals surface area contributed by atoms with Crippen molar-refractivity contribution >= 4 is 5.91 Å². The van der Waals surface area contributed by atoms with Crippen LogP contribution in [-0.2, 0) is 4.79 Å². The Balaban J connectivity index is 2.07. The lowest BCUT2D eigenvalue weighted by atomic mass is 10.0. The van der Waals surface area contributed by atoms with Crippen LogP contribution in [0.4, 0.5) is 8.78 Å². The molecule has 0 radical (unpaired) electrons. The molecule has 98 valence electrons. The van der Waals surface area contributed by atoms with Gasteiger partial charge in [0.05, 0.1) is 6.04 Å². The van der Waals surface area contributed by atoms with Crippen LogP contribution in [0, 0.1) is 0 Å². The number of halogens is 2. The van der Waals surface area contributed by atoms with Crippen molar-refractivity contribution in [3.8, 4) is 0 Å². The van der Waals surface area contributed by atoms with Crippen molar-refractivity contribution in [3.05, 3.63) is 35.9 Å². The molecular weight excluding hydrogens is 238 g/mol. The largest absolute Gasteiger partial charge is 0.346 e. The first-order valence-corrected chi connectivity index (χ1v) is 5.95. The Hall–Kier alpha value is -1.49. The van der Waals surface area contributed by atoms with Gasteiger partial charge in [0, 0.05) is 13.0 Å². The third-order valence-electron chi connectivity index (χ3n) is 3.10. The van der Waals surface area contributed by atoms with Crippen LogP contribution in [0.5, 0.6) is 0 Å². The van der Waals surface area contributed by atoms with Crippen LogP contribution >= 0.6 is 0 Å². The highest BCUT2D eigenvalue weighted by molar-refractivity contribution is 5.83. The fourth-order valence-electron chi connectivity index (χ4n) is 2.16. The van der Waals surface area contributed by atoms with E-state index in [2.05, 4.69) is 10.6 Å². The lowest BCUT2D eigenvalue weighted by Gasteiger charge is -2.22. The summed E-state index contributed by atoms with van der Waals surface area (Å²) in [6.45, 7) is 1.32. The highest BCUT2D eigenvalue weighted by atomic mass is 19.3. The quantitative estimate of drug-likeness (QED) is 0.864. The molecule has 0 spiro atoms. The van der Waals surface area contributed by atoms with Crippen molar-refractivity contribution in [3.63, 3.8) is 0 Å². The lowest BCUT2D eigenvalue weighted by Crippen LogP contribution is -2.45. The number of hydrogen-bond acceptors (Lipinski definition) is 2. The minimum atomic E-state index is -3.33. The summed E-state index contributed by atoms with van der Waals surface area (Å²) in [4.78, 5) is 11.3. The van der Waals surface area contributed by atoms with Crippen molar-refractivity contribution in [1.29, 1.82) is 0 Å². The molecule has 0 unspecified atom stereocenters. The molecule has 0 saturated carbocycles. The number of benzene rings is 1. The molecule has 1 amide bonds. The third kappa shape index (κ3) is 2.85. The van der Waals surface area contributed by atoms with E-state index in [9.17, 15) is 13.6 Å². The van der Waals surface area contributed by atoms with Gasteiger partial charge in [-0.3, -0.25) is 4.79 Å². The van der Waals surface area contributed by atoms with Crippen LogP contribution in [0.2, 0.25) is 0 Å². The first-order valence-electron chi connectivity index (χ1n) is 5.95. The van der Waals surface area contributed by atoms with Gasteiger partial charge < -0.3 is 10.6 Å². The molecule has 2 atom stereocenters. The summed E-state index contributed by atoms with van der Waals surface area (Å²) in [5.74, 6) is -4.54. The molecule has 0 bridgehead atoms. The van der Waals surface area contributed by atoms with E-state index in [1.54, 1.807) is 0 Å². The second-order valence-electron chi connectivity index (χ2n) is 4.60. The molecule has 0 aromatic heterocycles. The molecule has 1 fully saturated rings. The average Bonchev–Trinajstić information content (AvgIpc) is 2.77. The highest BCUT2D eigenvalue weighted by Crippen LogP contribution is 2.24. The Morgan fingerprint density at radius 2 is 2.06 bits per heavy atom. The predicted molar refractivity (Wildman–Crippen MR) is 64.4 cm³/mol. The Kier molecular flexibility index (Phi) is 3.61. The number of carbonyl (C=O) groups excluding carboxylic acids is 1. The molecule has 1 saturated heterocycles. The zero-order valence-corrected chi connectivity index (χ0v) is 10.1. The summed E-state index contributed by atoms with van der Waals surface area (Å²) in [7, 11) is 0. The van der Waals surface area contributed by atoms with E-state index in [1.807, 2.05) is 30.3 Å². The molecule has 0 aliphatic carbocycles. The van der Waals surface area contributed by atoms with E-state index in [1.165, 1.54) is 0 Å². The molecule has 1 aliphatic heterocycles. The molecule has 1 aliphatic rings. The van der Waals surface area contributed by atoms with E-state index in [0.29, 0.717) is 19.9 Å². The number of alkyl halides is 2. The first-order chi connectivity index (χ1) is 8.48. The summed E-state index contributed by atoms with van der Waals surface area (Å²) >= 11 is 0. The molecule has 1 aromatic carbocycles. The summed E-state index contributed by atoms with van der Waals surface area (Å²) in [5.41, 5.74) is 1.000. The molecule has 1 heterocycles. The van der Waals surface area contributed by atoms with Gasteiger partial charge >= 0.3 is 5.92 Å². The monoisotopic (exact) mass is 254 g/mol. The summed E-state index contributed by atoms with van der Waals surface area (Å²) < 4.78 is 25.7. The van der Waals surface area contributed by atoms with Gasteiger partial charge in [-0.25, -0.2) is 0 Å². The summed E-state index contributed by atoms with van der Waals surface area (Å²) in [6, 6.07) is 9.14. The number of nitrogens with one attached hydrogen (secondary N) is 2. The van der Waals surface area contributed by atoms with Gasteiger partial charge in [0.15, 0.2) is 0 Å². The zero-order valence-electron chi connectivity index (χ0n) is 10.1. The van der Waals surface area contributed by atoms with E-state index in [-0.39, 0.29) is 12.1 Å². The zero-order chi connectivity index (χ0) is 13.2. The van der Waals surface area contributed by atoms with Gasteiger partial charge in [-0.05, 0) is 18.5 Å². The maximum absolute atomic E-state index is 12.9. The van der Waals surface area contributed by atoms with E-state index >= 15 is 0 Å². The third-order valence-corrected chi connectivity index (χ3v) is 3.10. The summed E-state index contributed by atoms with van der Waals surface area (Å²) in [5, 5.41) is 5.64. The lowest BCUT2D eigenvalue weighted by molar-refractivity contribution is -0.143. The fraction of sp³-hybridized carbons (Fsp3) is 0.462. The molecule has 3 nitrogen and oxygen atoms in total. The average molecular weight is 254 g/mol. The number of rotatable bonds is 3. The smallest absolute Gasteiger partial charge is 0.321 e. The maximum Gasteiger partial charge on any atom is 0.321 e. The Bertz CT molecular complexity index is 417. The second-order valence-corrected chi connectivity index (χ2v) is 4.60. The SMILES string of the molecule is CC(F)(F)C(=O)N[C@@H]1CCN[C@H]1c1ccccc1. The van der Waals surface area contributed by atoms with Crippen LogP contribution < -0.4 is 10.6 Å². The van der Waals surface area contributed by atoms with Gasteiger partial charge in [0.1, 0.15) is 0 Å². The van der Waals surface area contributed by atoms with Crippen molar-refractivity contribution in [1.82, 2.24) is 10.6 Å². The highest BCUT2D eigenvalue weighted by Gasteiger charge is 2.37. The molecule has 5 heteroatoms. The molecule has 2 rings (SSSR count). The Morgan fingerprint density at radius 3 is 2.67 bits per heavy atom. The molecule has 18 heavy (non-hydrogen) atoms. The van der Waals surface area contributed by atoms with Gasteiger partial charge in [0.2, 0.25) is 0 Å². The maximum atomic E-state index is 12.9. The predicted octanol–water partition coefficient (Wildman–Crippen LogP) is 1.86. The van der Waals surface area contributed by atoms with Crippen LogP contribution in [0.1, 0.15) is 24.9 Å². The van der Waals surface area contributed by atoms with Gasteiger partial charge in [-0.2, -0.15) is 8.78 Å². The number of hydrogen-bond donors (Lipinski definition) is 2. The van der Waals surface area contributed by atoms with E-state index in [4.69, 9.17) is 0 Å². The van der Waals surface area contributed by atoms with Crippen LogP contribution in [0.25, 0.3) is 0 Å². The molecular formula is C13H16F2N2O. The van der Waals surface area contributed by atoms with E-state index in [0.717, 1.165) is 5.56 Å². The second kappa shape index (κ2) is 5.02. The summed E-state index contributed by atoms with van der Waals surface area (Å²) in [6.07, 6.45) is 0.654. The van der Waals surface area contributed by atoms with Gasteiger partial charge in [-0.1, -0.05) is 30.3 Å². The number of carbonyl (C=O) groups is 1. The van der Waals surface area contributed by atoms with E-state index < -0.39 is 11.8 Å². The van der Waals surface area contributed by atoms with Crippen LogP contribution in [0.15, 0.2) is 30.3 Å². The number of amides is 1. The Labute approximate surface area is 105 Å². The van der Waals surface area contributed by atoms with Crippen molar-refractivity contribution in [2.45, 2.75) is 31.4 Å². The van der Waals surface area contributed by atoms with Crippen molar-refractivity contribution in [2.75, 3.05) is 6.54 Å². The normalized spacial score (nSPS) is 23.9. The minimum absolute atomic E-state index is 0.0995. The van der Waals surface area contributed by atoms with Crippen molar-refractivity contribution < 1.29 is 13.6 Å². The minimum Gasteiger partial charge on any atom is -0.346 e. The van der Waals surface area contributed by atoms with Gasteiger partial charge in [0.25, 0.3) is 5.91 Å². The molecule has 1 aromatic rings. The topological polar surface area (TPSA) is 41.1 Å². The van der Waals surface area contributed by atoms with Crippen molar-refractivity contribution in [2.24, 2.45) is 0 Å². The standard InChI is InChI=1S/C13H16F2N2O/c1-13(14,15)12(18)17-10-7-8-16-11(10)9-5-3-2-4-6-9/h2-6,10-11,16H,7-8H2,1H3,(H,17,18)/t10-,11+/m1/s1. The van der Waals surface area contributed by atoms with Crippen LogP contribution in [-0.4, -0.2) is 24.4 Å². The first kappa shape index (κ1) is 13.0. The Morgan fingerprint density at radius 1 is 1.39 bits per heavy atom.